The van der Waals surface area contributed by atoms with Crippen molar-refractivity contribution in [2.45, 2.75) is 19.3 Å². The molecule has 0 aliphatic rings. The van der Waals surface area contributed by atoms with Crippen LogP contribution in [0.2, 0.25) is 5.02 Å². The molecule has 2 nitrogen and oxygen atoms in total. The topological polar surface area (TPSA) is 32.3 Å². The summed E-state index contributed by atoms with van der Waals surface area (Å²) in [6.07, 6.45) is 2.66. The molecule has 0 spiro atoms. The number of aliphatic hydroxyl groups is 1. The Labute approximate surface area is 94.1 Å². The molecule has 0 aliphatic heterocycles. The van der Waals surface area contributed by atoms with Gasteiger partial charge in [0.05, 0.1) is 5.69 Å². The first-order chi connectivity index (χ1) is 7.24. The summed E-state index contributed by atoms with van der Waals surface area (Å²) in [5.74, 6) is -0.329. The summed E-state index contributed by atoms with van der Waals surface area (Å²) >= 11 is 5.62. The van der Waals surface area contributed by atoms with Crippen molar-refractivity contribution < 1.29 is 9.50 Å². The molecule has 0 atom stereocenters. The van der Waals surface area contributed by atoms with Crippen LogP contribution >= 0.6 is 11.6 Å². The van der Waals surface area contributed by atoms with Crippen LogP contribution in [0.25, 0.3) is 0 Å². The van der Waals surface area contributed by atoms with E-state index < -0.39 is 0 Å². The maximum absolute atomic E-state index is 13.2. The van der Waals surface area contributed by atoms with E-state index in [4.69, 9.17) is 16.7 Å². The van der Waals surface area contributed by atoms with E-state index in [0.717, 1.165) is 19.3 Å². The molecule has 0 aromatic heterocycles. The first kappa shape index (κ1) is 12.3. The van der Waals surface area contributed by atoms with Crippen molar-refractivity contribution in [1.82, 2.24) is 0 Å². The van der Waals surface area contributed by atoms with Crippen LogP contribution in [0.3, 0.4) is 0 Å². The van der Waals surface area contributed by atoms with Gasteiger partial charge in [-0.15, -0.1) is 0 Å². The maximum atomic E-state index is 13.2. The van der Waals surface area contributed by atoms with Crippen LogP contribution in [-0.4, -0.2) is 18.3 Å². The fourth-order valence-corrected chi connectivity index (χ4v) is 1.43. The van der Waals surface area contributed by atoms with Gasteiger partial charge in [0.25, 0.3) is 0 Å². The first-order valence-corrected chi connectivity index (χ1v) is 5.41. The fraction of sp³-hybridized carbons (Fsp3) is 0.455. The van der Waals surface area contributed by atoms with Crippen LogP contribution in [-0.2, 0) is 0 Å². The highest BCUT2D eigenvalue weighted by Crippen LogP contribution is 2.18. The highest BCUT2D eigenvalue weighted by molar-refractivity contribution is 6.30. The molecule has 1 rings (SSSR count). The Balaban J connectivity index is 2.31. The molecule has 15 heavy (non-hydrogen) atoms. The zero-order valence-electron chi connectivity index (χ0n) is 8.47. The lowest BCUT2D eigenvalue weighted by atomic mass is 10.2. The summed E-state index contributed by atoms with van der Waals surface area (Å²) < 4.78 is 13.2. The molecule has 0 aliphatic carbocycles. The van der Waals surface area contributed by atoms with E-state index in [9.17, 15) is 4.39 Å². The van der Waals surface area contributed by atoms with E-state index in [1.807, 2.05) is 0 Å². The zero-order chi connectivity index (χ0) is 11.1. The molecular weight excluding hydrogens is 217 g/mol. The van der Waals surface area contributed by atoms with Gasteiger partial charge in [0, 0.05) is 18.2 Å². The minimum absolute atomic E-state index is 0.218. The molecular formula is C11H15ClFNO. The molecule has 0 bridgehead atoms. The van der Waals surface area contributed by atoms with Crippen LogP contribution in [0.1, 0.15) is 19.3 Å². The minimum atomic E-state index is -0.329. The molecule has 0 heterocycles. The molecule has 0 saturated carbocycles. The Morgan fingerprint density at radius 1 is 1.27 bits per heavy atom. The molecule has 1 aromatic rings. The number of hydrogen-bond donors (Lipinski definition) is 2. The fourth-order valence-electron chi connectivity index (χ4n) is 1.27. The van der Waals surface area contributed by atoms with E-state index in [0.29, 0.717) is 17.3 Å². The molecule has 2 N–H and O–H groups in total. The van der Waals surface area contributed by atoms with E-state index in [1.165, 1.54) is 6.07 Å². The predicted molar refractivity (Wildman–Crippen MR) is 60.8 cm³/mol. The second-order valence-corrected chi connectivity index (χ2v) is 3.77. The smallest absolute Gasteiger partial charge is 0.147 e. The number of hydrogen-bond acceptors (Lipinski definition) is 2. The molecule has 0 saturated heterocycles. The van der Waals surface area contributed by atoms with Gasteiger partial charge < -0.3 is 10.4 Å². The lowest BCUT2D eigenvalue weighted by Crippen LogP contribution is -2.03. The summed E-state index contributed by atoms with van der Waals surface area (Å²) in [6.45, 7) is 0.924. The van der Waals surface area contributed by atoms with Gasteiger partial charge in [-0.1, -0.05) is 11.6 Å². The van der Waals surface area contributed by atoms with E-state index >= 15 is 0 Å². The highest BCUT2D eigenvalue weighted by Gasteiger charge is 2.01. The Hall–Kier alpha value is -0.800. The standard InChI is InChI=1S/C11H15ClFNO/c12-9-4-5-11(10(13)8-9)14-6-2-1-3-7-15/h4-5,8,14-15H,1-3,6-7H2. The quantitative estimate of drug-likeness (QED) is 0.738. The van der Waals surface area contributed by atoms with Gasteiger partial charge in [-0.25, -0.2) is 4.39 Å². The van der Waals surface area contributed by atoms with Crippen molar-refractivity contribution in [1.29, 1.82) is 0 Å². The minimum Gasteiger partial charge on any atom is -0.396 e. The van der Waals surface area contributed by atoms with Crippen molar-refractivity contribution >= 4 is 17.3 Å². The number of anilines is 1. The van der Waals surface area contributed by atoms with Crippen molar-refractivity contribution in [3.8, 4) is 0 Å². The average Bonchev–Trinajstić information content (AvgIpc) is 2.20. The Kier molecular flexibility index (Phi) is 5.43. The average molecular weight is 232 g/mol. The molecule has 0 unspecified atom stereocenters. The number of halogens is 2. The summed E-state index contributed by atoms with van der Waals surface area (Å²) in [4.78, 5) is 0. The normalized spacial score (nSPS) is 10.3. The second-order valence-electron chi connectivity index (χ2n) is 3.34. The monoisotopic (exact) mass is 231 g/mol. The van der Waals surface area contributed by atoms with Gasteiger partial charge in [0.2, 0.25) is 0 Å². The molecule has 0 amide bonds. The largest absolute Gasteiger partial charge is 0.396 e. The first-order valence-electron chi connectivity index (χ1n) is 5.04. The molecule has 1 aromatic carbocycles. The SMILES string of the molecule is OCCCCCNc1ccc(Cl)cc1F. The Morgan fingerprint density at radius 2 is 2.07 bits per heavy atom. The summed E-state index contributed by atoms with van der Waals surface area (Å²) in [5, 5.41) is 11.9. The van der Waals surface area contributed by atoms with Crippen LogP contribution in [0.4, 0.5) is 10.1 Å². The number of aliphatic hydroxyl groups excluding tert-OH is 1. The van der Waals surface area contributed by atoms with Gasteiger partial charge >= 0.3 is 0 Å². The third-order valence-corrected chi connectivity index (χ3v) is 2.32. The number of rotatable bonds is 6. The highest BCUT2D eigenvalue weighted by atomic mass is 35.5. The van der Waals surface area contributed by atoms with Gasteiger partial charge in [-0.2, -0.15) is 0 Å². The number of unbranched alkanes of at least 4 members (excludes halogenated alkanes) is 2. The molecule has 0 radical (unpaired) electrons. The van der Waals surface area contributed by atoms with E-state index in [1.54, 1.807) is 12.1 Å². The maximum Gasteiger partial charge on any atom is 0.147 e. The Bertz CT molecular complexity index is 307. The molecule has 4 heteroatoms. The van der Waals surface area contributed by atoms with Gasteiger partial charge in [-0.05, 0) is 37.5 Å². The third kappa shape index (κ3) is 4.49. The van der Waals surface area contributed by atoms with Crippen molar-refractivity contribution in [3.63, 3.8) is 0 Å². The number of benzene rings is 1. The summed E-state index contributed by atoms with van der Waals surface area (Å²) in [7, 11) is 0. The van der Waals surface area contributed by atoms with Crippen LogP contribution in [0.5, 0.6) is 0 Å². The third-order valence-electron chi connectivity index (χ3n) is 2.08. The summed E-state index contributed by atoms with van der Waals surface area (Å²) in [5.41, 5.74) is 0.475. The lowest BCUT2D eigenvalue weighted by molar-refractivity contribution is 0.283. The van der Waals surface area contributed by atoms with Crippen molar-refractivity contribution in [3.05, 3.63) is 29.0 Å². The lowest BCUT2D eigenvalue weighted by Gasteiger charge is -2.07. The van der Waals surface area contributed by atoms with Crippen molar-refractivity contribution in [2.24, 2.45) is 0 Å². The van der Waals surface area contributed by atoms with E-state index in [2.05, 4.69) is 5.32 Å². The molecule has 84 valence electrons. The van der Waals surface area contributed by atoms with Crippen molar-refractivity contribution in [2.75, 3.05) is 18.5 Å². The summed E-state index contributed by atoms with van der Waals surface area (Å²) in [6, 6.07) is 4.57. The van der Waals surface area contributed by atoms with Crippen LogP contribution in [0, 0.1) is 5.82 Å². The number of nitrogens with one attached hydrogen (secondary N) is 1. The van der Waals surface area contributed by atoms with Gasteiger partial charge in [0.15, 0.2) is 0 Å². The van der Waals surface area contributed by atoms with Crippen LogP contribution < -0.4 is 5.32 Å². The zero-order valence-corrected chi connectivity index (χ0v) is 9.23. The van der Waals surface area contributed by atoms with Gasteiger partial charge in [0.1, 0.15) is 5.82 Å². The predicted octanol–water partition coefficient (Wildman–Crippen LogP) is 3.05. The second kappa shape index (κ2) is 6.64. The van der Waals surface area contributed by atoms with Gasteiger partial charge in [-0.3, -0.25) is 0 Å². The van der Waals surface area contributed by atoms with E-state index in [-0.39, 0.29) is 12.4 Å². The molecule has 0 fully saturated rings. The van der Waals surface area contributed by atoms with Crippen LogP contribution in [0.15, 0.2) is 18.2 Å². The Morgan fingerprint density at radius 3 is 2.73 bits per heavy atom.